The maximum absolute atomic E-state index is 9.01. The average Bonchev–Trinajstić information content (AvgIpc) is 2.38. The Morgan fingerprint density at radius 2 is 2.36 bits per heavy atom. The summed E-state index contributed by atoms with van der Waals surface area (Å²) >= 11 is 3.39. The zero-order chi connectivity index (χ0) is 9.97. The summed E-state index contributed by atoms with van der Waals surface area (Å²) < 4.78 is 6.58. The van der Waals surface area contributed by atoms with Crippen LogP contribution in [-0.4, -0.2) is 11.8 Å². The number of nitrogens with one attached hydrogen (secondary N) is 1. The van der Waals surface area contributed by atoms with E-state index in [2.05, 4.69) is 21.4 Å². The van der Waals surface area contributed by atoms with Gasteiger partial charge in [0.25, 0.3) is 0 Å². The molecular formula is C10H12BrNO2. The van der Waals surface area contributed by atoms with Crippen LogP contribution in [0.25, 0.3) is 0 Å². The van der Waals surface area contributed by atoms with Crippen molar-refractivity contribution in [1.82, 2.24) is 5.48 Å². The van der Waals surface area contributed by atoms with Gasteiger partial charge in [-0.05, 0) is 25.0 Å². The summed E-state index contributed by atoms with van der Waals surface area (Å²) in [7, 11) is 0. The van der Waals surface area contributed by atoms with E-state index in [4.69, 9.17) is 9.94 Å². The highest BCUT2D eigenvalue weighted by molar-refractivity contribution is 9.10. The molecule has 2 N–H and O–H groups in total. The second-order valence-corrected chi connectivity index (χ2v) is 4.27. The van der Waals surface area contributed by atoms with E-state index in [1.54, 1.807) is 0 Å². The number of ether oxygens (including phenoxy) is 1. The van der Waals surface area contributed by atoms with Crippen LogP contribution >= 0.6 is 15.9 Å². The Bertz CT molecular complexity index is 330. The van der Waals surface area contributed by atoms with Crippen LogP contribution in [-0.2, 0) is 0 Å². The average molecular weight is 258 g/mol. The Morgan fingerprint density at radius 3 is 3.14 bits per heavy atom. The van der Waals surface area contributed by atoms with Gasteiger partial charge in [-0.1, -0.05) is 22.0 Å². The third-order valence-electron chi connectivity index (χ3n) is 2.40. The van der Waals surface area contributed by atoms with Crippen molar-refractivity contribution in [1.29, 1.82) is 0 Å². The zero-order valence-corrected chi connectivity index (χ0v) is 9.25. The maximum atomic E-state index is 9.01. The van der Waals surface area contributed by atoms with Gasteiger partial charge in [0.2, 0.25) is 0 Å². The molecular weight excluding hydrogens is 246 g/mol. The van der Waals surface area contributed by atoms with E-state index < -0.39 is 0 Å². The third-order valence-corrected chi connectivity index (χ3v) is 2.89. The molecule has 0 amide bonds. The lowest BCUT2D eigenvalue weighted by Crippen LogP contribution is -2.16. The molecule has 0 aliphatic carbocycles. The summed E-state index contributed by atoms with van der Waals surface area (Å²) in [6.07, 6.45) is 1.84. The second-order valence-electron chi connectivity index (χ2n) is 3.35. The lowest BCUT2D eigenvalue weighted by atomic mass is 10.0. The molecule has 0 aromatic heterocycles. The summed E-state index contributed by atoms with van der Waals surface area (Å²) in [4.78, 5) is 0. The normalized spacial score (nSPS) is 20.9. The Morgan fingerprint density at radius 1 is 1.50 bits per heavy atom. The molecule has 1 atom stereocenters. The quantitative estimate of drug-likeness (QED) is 0.761. The van der Waals surface area contributed by atoms with Crippen LogP contribution in [0.3, 0.4) is 0 Å². The molecule has 2 rings (SSSR count). The van der Waals surface area contributed by atoms with Crippen LogP contribution in [0.5, 0.6) is 5.75 Å². The van der Waals surface area contributed by atoms with Crippen molar-refractivity contribution in [2.24, 2.45) is 0 Å². The van der Waals surface area contributed by atoms with E-state index in [1.807, 2.05) is 18.2 Å². The molecule has 0 fully saturated rings. The summed E-state index contributed by atoms with van der Waals surface area (Å²) in [5.41, 5.74) is 3.35. The Balaban J connectivity index is 2.39. The first-order valence-electron chi connectivity index (χ1n) is 4.63. The largest absolute Gasteiger partial charge is 0.493 e. The summed E-state index contributed by atoms with van der Waals surface area (Å²) in [6.45, 7) is 0.710. The smallest absolute Gasteiger partial charge is 0.125 e. The molecule has 1 aromatic rings. The minimum absolute atomic E-state index is 0.0133. The van der Waals surface area contributed by atoms with Crippen molar-refractivity contribution in [2.75, 3.05) is 6.61 Å². The summed E-state index contributed by atoms with van der Waals surface area (Å²) in [5, 5.41) is 9.01. The molecule has 0 bridgehead atoms. The van der Waals surface area contributed by atoms with Crippen LogP contribution in [0.1, 0.15) is 24.4 Å². The highest BCUT2D eigenvalue weighted by atomic mass is 79.9. The van der Waals surface area contributed by atoms with Gasteiger partial charge in [0.15, 0.2) is 0 Å². The lowest BCUT2D eigenvalue weighted by molar-refractivity contribution is 0.122. The molecule has 0 radical (unpaired) electrons. The molecule has 76 valence electrons. The van der Waals surface area contributed by atoms with Crippen LogP contribution in [0.2, 0.25) is 0 Å². The molecule has 14 heavy (non-hydrogen) atoms. The number of halogens is 1. The lowest BCUT2D eigenvalue weighted by Gasteiger charge is -2.14. The predicted molar refractivity (Wildman–Crippen MR) is 56.5 cm³/mol. The second kappa shape index (κ2) is 4.29. The number of fused-ring (bicyclic) bond motifs is 1. The monoisotopic (exact) mass is 257 g/mol. The van der Waals surface area contributed by atoms with Gasteiger partial charge in [-0.3, -0.25) is 0 Å². The van der Waals surface area contributed by atoms with Crippen LogP contribution in [0, 0.1) is 0 Å². The van der Waals surface area contributed by atoms with Crippen molar-refractivity contribution in [3.63, 3.8) is 0 Å². The first-order valence-corrected chi connectivity index (χ1v) is 5.42. The van der Waals surface area contributed by atoms with Gasteiger partial charge in [-0.15, -0.1) is 0 Å². The van der Waals surface area contributed by atoms with Crippen LogP contribution in [0.4, 0.5) is 0 Å². The molecule has 0 saturated carbocycles. The Labute approximate surface area is 91.2 Å². The van der Waals surface area contributed by atoms with E-state index in [9.17, 15) is 0 Å². The fraction of sp³-hybridized carbons (Fsp3) is 0.400. The molecule has 1 aliphatic rings. The first kappa shape index (κ1) is 9.96. The van der Waals surface area contributed by atoms with E-state index in [0.717, 1.165) is 28.6 Å². The van der Waals surface area contributed by atoms with Crippen molar-refractivity contribution in [2.45, 2.75) is 18.9 Å². The van der Waals surface area contributed by atoms with Gasteiger partial charge in [0.05, 0.1) is 12.6 Å². The maximum Gasteiger partial charge on any atom is 0.125 e. The van der Waals surface area contributed by atoms with Gasteiger partial charge in [-0.2, -0.15) is 5.48 Å². The molecule has 1 aliphatic heterocycles. The number of rotatable bonds is 1. The van der Waals surface area contributed by atoms with E-state index in [-0.39, 0.29) is 6.04 Å². The van der Waals surface area contributed by atoms with E-state index >= 15 is 0 Å². The minimum atomic E-state index is -0.0133. The molecule has 1 aromatic carbocycles. The van der Waals surface area contributed by atoms with Gasteiger partial charge >= 0.3 is 0 Å². The predicted octanol–water partition coefficient (Wildman–Crippen LogP) is 2.64. The van der Waals surface area contributed by atoms with Gasteiger partial charge in [-0.25, -0.2) is 0 Å². The number of hydrogen-bond acceptors (Lipinski definition) is 3. The first-order chi connectivity index (χ1) is 6.81. The fourth-order valence-corrected chi connectivity index (χ4v) is 2.02. The highest BCUT2D eigenvalue weighted by Crippen LogP contribution is 2.33. The molecule has 1 heterocycles. The van der Waals surface area contributed by atoms with Crippen molar-refractivity contribution in [3.05, 3.63) is 28.2 Å². The number of hydroxylamine groups is 1. The summed E-state index contributed by atoms with van der Waals surface area (Å²) in [5.74, 6) is 0.850. The molecule has 4 heteroatoms. The topological polar surface area (TPSA) is 41.5 Å². The highest BCUT2D eigenvalue weighted by Gasteiger charge is 2.18. The number of benzene rings is 1. The third kappa shape index (κ3) is 1.92. The molecule has 0 saturated heterocycles. The fourth-order valence-electron chi connectivity index (χ4n) is 1.68. The molecule has 3 nitrogen and oxygen atoms in total. The zero-order valence-electron chi connectivity index (χ0n) is 7.66. The van der Waals surface area contributed by atoms with Crippen molar-refractivity contribution >= 4 is 15.9 Å². The van der Waals surface area contributed by atoms with Crippen molar-refractivity contribution in [3.8, 4) is 5.75 Å². The number of hydrogen-bond donors (Lipinski definition) is 2. The van der Waals surface area contributed by atoms with Crippen LogP contribution < -0.4 is 10.2 Å². The van der Waals surface area contributed by atoms with Gasteiger partial charge in [0.1, 0.15) is 5.75 Å². The Hall–Kier alpha value is -0.580. The van der Waals surface area contributed by atoms with Crippen molar-refractivity contribution < 1.29 is 9.94 Å². The SMILES string of the molecule is ONC1CCCOc2cc(Br)ccc21. The van der Waals surface area contributed by atoms with Crippen LogP contribution in [0.15, 0.2) is 22.7 Å². The van der Waals surface area contributed by atoms with Gasteiger partial charge < -0.3 is 9.94 Å². The summed E-state index contributed by atoms with van der Waals surface area (Å²) in [6, 6.07) is 5.85. The Kier molecular flexibility index (Phi) is 3.05. The molecule has 1 unspecified atom stereocenters. The van der Waals surface area contributed by atoms with E-state index in [1.165, 1.54) is 0 Å². The molecule has 0 spiro atoms. The minimum Gasteiger partial charge on any atom is -0.493 e. The standard InChI is InChI=1S/C10H12BrNO2/c11-7-3-4-8-9(12-13)2-1-5-14-10(8)6-7/h3-4,6,9,12-13H,1-2,5H2. The van der Waals surface area contributed by atoms with E-state index in [0.29, 0.717) is 6.61 Å². The van der Waals surface area contributed by atoms with Gasteiger partial charge in [0, 0.05) is 10.0 Å².